The van der Waals surface area contributed by atoms with Crippen LogP contribution in [0, 0.1) is 0 Å². The molecule has 0 heterocycles. The van der Waals surface area contributed by atoms with Crippen LogP contribution in [0.5, 0.6) is 0 Å². The van der Waals surface area contributed by atoms with Gasteiger partial charge in [-0.1, -0.05) is 6.08 Å². The van der Waals surface area contributed by atoms with Crippen LogP contribution < -0.4 is 0 Å². The second-order valence-electron chi connectivity index (χ2n) is 0.898. The van der Waals surface area contributed by atoms with Crippen molar-refractivity contribution in [2.75, 3.05) is 0 Å². The molecule has 0 aromatic rings. The molecule has 0 N–H and O–H groups in total. The molecule has 46 valence electrons. The van der Waals surface area contributed by atoms with E-state index in [0.717, 1.165) is 12.6 Å². The first kappa shape index (κ1) is 10.1. The fourth-order valence-corrected chi connectivity index (χ4v) is 0.0786. The standard InChI is InChI=1S/C4H6O.C2H4O/c1-2-3-4-5;1-2-3/h2-4H,1H3;2H,1H3/b3-2+;. The lowest BCUT2D eigenvalue weighted by Gasteiger charge is -1.51. The maximum atomic E-state index is 9.32. The number of carbonyl (C=O) groups is 2. The Morgan fingerprint density at radius 2 is 1.50 bits per heavy atom. The zero-order chi connectivity index (χ0) is 6.83. The number of hydrogen-bond donors (Lipinski definition) is 0. The molecule has 0 atom stereocenters. The Labute approximate surface area is 49.2 Å². The first-order valence-electron chi connectivity index (χ1n) is 2.29. The largest absolute Gasteiger partial charge is 0.304 e. The fourth-order valence-electron chi connectivity index (χ4n) is 0.0786. The third kappa shape index (κ3) is 72.5. The molecule has 8 heavy (non-hydrogen) atoms. The SMILES string of the molecule is C/C=C/C=O.CC=O. The highest BCUT2D eigenvalue weighted by Crippen LogP contribution is 1.55. The number of hydrogen-bond acceptors (Lipinski definition) is 2. The number of rotatable bonds is 1. The van der Waals surface area contributed by atoms with Gasteiger partial charge in [0.1, 0.15) is 12.6 Å². The Kier molecular flexibility index (Phi) is 21.0. The normalized spacial score (nSPS) is 7.25. The molecular weight excluding hydrogens is 104 g/mol. The topological polar surface area (TPSA) is 34.1 Å². The van der Waals surface area contributed by atoms with Gasteiger partial charge in [-0.3, -0.25) is 4.79 Å². The molecule has 0 saturated heterocycles. The summed E-state index contributed by atoms with van der Waals surface area (Å²) in [5, 5.41) is 0. The van der Waals surface area contributed by atoms with Gasteiger partial charge in [0.2, 0.25) is 0 Å². The highest BCUT2D eigenvalue weighted by Gasteiger charge is 1.48. The molecule has 0 unspecified atom stereocenters. The van der Waals surface area contributed by atoms with Crippen molar-refractivity contribution in [2.45, 2.75) is 13.8 Å². The summed E-state index contributed by atoms with van der Waals surface area (Å²) in [4.78, 5) is 18.1. The molecule has 0 saturated carbocycles. The summed E-state index contributed by atoms with van der Waals surface area (Å²) in [6.07, 6.45) is 4.63. The Balaban J connectivity index is 0. The average molecular weight is 114 g/mol. The van der Waals surface area contributed by atoms with Crippen LogP contribution in [0.4, 0.5) is 0 Å². The van der Waals surface area contributed by atoms with Crippen molar-refractivity contribution in [2.24, 2.45) is 0 Å². The van der Waals surface area contributed by atoms with Crippen LogP contribution in [0.3, 0.4) is 0 Å². The molecule has 0 spiro atoms. The zero-order valence-corrected chi connectivity index (χ0v) is 5.13. The van der Waals surface area contributed by atoms with Crippen molar-refractivity contribution in [1.29, 1.82) is 0 Å². The number of allylic oxidation sites excluding steroid dienone is 2. The molecule has 0 amide bonds. The van der Waals surface area contributed by atoms with Crippen molar-refractivity contribution >= 4 is 12.6 Å². The van der Waals surface area contributed by atoms with E-state index < -0.39 is 0 Å². The van der Waals surface area contributed by atoms with Crippen LogP contribution in [-0.2, 0) is 9.59 Å². The Morgan fingerprint density at radius 1 is 1.12 bits per heavy atom. The smallest absolute Gasteiger partial charge is 0.142 e. The summed E-state index contributed by atoms with van der Waals surface area (Å²) in [5.74, 6) is 0. The van der Waals surface area contributed by atoms with Crippen LogP contribution in [0.15, 0.2) is 12.2 Å². The highest BCUT2D eigenvalue weighted by molar-refractivity contribution is 5.64. The van der Waals surface area contributed by atoms with Crippen molar-refractivity contribution in [3.8, 4) is 0 Å². The lowest BCUT2D eigenvalue weighted by Crippen LogP contribution is -1.50. The summed E-state index contributed by atoms with van der Waals surface area (Å²) in [6, 6.07) is 0. The van der Waals surface area contributed by atoms with Gasteiger partial charge in [-0.25, -0.2) is 0 Å². The molecule has 2 nitrogen and oxygen atoms in total. The lowest BCUT2D eigenvalue weighted by molar-refractivity contribution is -0.106. The fraction of sp³-hybridized carbons (Fsp3) is 0.333. The molecule has 0 aromatic heterocycles. The van der Waals surface area contributed by atoms with E-state index in [0.29, 0.717) is 0 Å². The molecule has 0 aliphatic heterocycles. The molecule has 0 rings (SSSR count). The monoisotopic (exact) mass is 114 g/mol. The first-order chi connectivity index (χ1) is 3.83. The summed E-state index contributed by atoms with van der Waals surface area (Å²) in [6.45, 7) is 3.24. The minimum absolute atomic E-state index is 0.750. The van der Waals surface area contributed by atoms with Gasteiger partial charge >= 0.3 is 0 Å². The number of aldehydes is 2. The predicted molar refractivity (Wildman–Crippen MR) is 32.6 cm³/mol. The molecule has 0 fully saturated rings. The van der Waals surface area contributed by atoms with Gasteiger partial charge in [0, 0.05) is 0 Å². The summed E-state index contributed by atoms with van der Waals surface area (Å²) < 4.78 is 0. The molecule has 2 heteroatoms. The molecular formula is C6H10O2. The molecule has 0 aromatic carbocycles. The quantitative estimate of drug-likeness (QED) is 0.376. The van der Waals surface area contributed by atoms with E-state index in [-0.39, 0.29) is 0 Å². The first-order valence-corrected chi connectivity index (χ1v) is 2.29. The van der Waals surface area contributed by atoms with E-state index in [2.05, 4.69) is 0 Å². The molecule has 0 bridgehead atoms. The molecule has 0 aliphatic rings. The summed E-state index contributed by atoms with van der Waals surface area (Å²) >= 11 is 0. The maximum absolute atomic E-state index is 9.32. The average Bonchev–Trinajstić information content (AvgIpc) is 1.71. The molecule has 0 aliphatic carbocycles. The van der Waals surface area contributed by atoms with E-state index in [4.69, 9.17) is 4.79 Å². The second-order valence-corrected chi connectivity index (χ2v) is 0.898. The van der Waals surface area contributed by atoms with Crippen LogP contribution in [-0.4, -0.2) is 12.6 Å². The van der Waals surface area contributed by atoms with E-state index in [1.165, 1.54) is 13.0 Å². The molecule has 0 radical (unpaired) electrons. The Morgan fingerprint density at radius 3 is 1.50 bits per heavy atom. The highest BCUT2D eigenvalue weighted by atomic mass is 16.1. The summed E-state index contributed by atoms with van der Waals surface area (Å²) in [7, 11) is 0. The maximum Gasteiger partial charge on any atom is 0.142 e. The van der Waals surface area contributed by atoms with Crippen molar-refractivity contribution < 1.29 is 9.59 Å². The van der Waals surface area contributed by atoms with E-state index >= 15 is 0 Å². The van der Waals surface area contributed by atoms with Gasteiger partial charge in [-0.2, -0.15) is 0 Å². The van der Waals surface area contributed by atoms with Gasteiger partial charge in [0.15, 0.2) is 0 Å². The van der Waals surface area contributed by atoms with Crippen LogP contribution >= 0.6 is 0 Å². The number of carbonyl (C=O) groups excluding carboxylic acids is 2. The minimum Gasteiger partial charge on any atom is -0.304 e. The predicted octanol–water partition coefficient (Wildman–Crippen LogP) is 0.967. The van der Waals surface area contributed by atoms with Gasteiger partial charge in [0.05, 0.1) is 0 Å². The Hall–Kier alpha value is -0.920. The van der Waals surface area contributed by atoms with Crippen molar-refractivity contribution in [3.63, 3.8) is 0 Å². The van der Waals surface area contributed by atoms with Crippen LogP contribution in [0.2, 0.25) is 0 Å². The van der Waals surface area contributed by atoms with Gasteiger partial charge < -0.3 is 4.79 Å². The van der Waals surface area contributed by atoms with Crippen LogP contribution in [0.25, 0.3) is 0 Å². The van der Waals surface area contributed by atoms with E-state index in [1.807, 2.05) is 0 Å². The van der Waals surface area contributed by atoms with E-state index in [1.54, 1.807) is 13.0 Å². The van der Waals surface area contributed by atoms with Crippen LogP contribution in [0.1, 0.15) is 13.8 Å². The lowest BCUT2D eigenvalue weighted by atomic mass is 10.6. The van der Waals surface area contributed by atoms with Gasteiger partial charge in [0.25, 0.3) is 0 Å². The second kappa shape index (κ2) is 16.5. The van der Waals surface area contributed by atoms with E-state index in [9.17, 15) is 4.79 Å². The summed E-state index contributed by atoms with van der Waals surface area (Å²) in [5.41, 5.74) is 0. The Bertz CT molecular complexity index is 74.6. The zero-order valence-electron chi connectivity index (χ0n) is 5.13. The van der Waals surface area contributed by atoms with Gasteiger partial charge in [-0.05, 0) is 19.9 Å². The van der Waals surface area contributed by atoms with Crippen molar-refractivity contribution in [3.05, 3.63) is 12.2 Å². The third-order valence-electron chi connectivity index (χ3n) is 0.271. The van der Waals surface area contributed by atoms with Gasteiger partial charge in [-0.15, -0.1) is 0 Å². The van der Waals surface area contributed by atoms with Crippen molar-refractivity contribution in [1.82, 2.24) is 0 Å². The minimum atomic E-state index is 0.750. The third-order valence-corrected chi connectivity index (χ3v) is 0.271.